The van der Waals surface area contributed by atoms with Gasteiger partial charge in [0.2, 0.25) is 0 Å². The number of ether oxygens (including phenoxy) is 3. The zero-order valence-electron chi connectivity index (χ0n) is 20.8. The molecule has 0 unspecified atom stereocenters. The Hall–Kier alpha value is -4.57. The van der Waals surface area contributed by atoms with Gasteiger partial charge in [-0.05, 0) is 60.0 Å². The van der Waals surface area contributed by atoms with Crippen LogP contribution in [0.25, 0.3) is 0 Å². The summed E-state index contributed by atoms with van der Waals surface area (Å²) in [5.41, 5.74) is 0.635. The number of hydrogen-bond donors (Lipinski definition) is 4. The van der Waals surface area contributed by atoms with Gasteiger partial charge in [0.25, 0.3) is 6.47 Å². The largest absolute Gasteiger partial charge is 0.508 e. The van der Waals surface area contributed by atoms with Crippen LogP contribution in [0.15, 0.2) is 72.8 Å². The first-order valence-electron chi connectivity index (χ1n) is 11.5. The molecule has 0 aliphatic heterocycles. The van der Waals surface area contributed by atoms with Crippen molar-refractivity contribution in [2.24, 2.45) is 0 Å². The van der Waals surface area contributed by atoms with Crippen LogP contribution in [0.1, 0.15) is 36.5 Å². The second-order valence-corrected chi connectivity index (χ2v) is 8.58. The van der Waals surface area contributed by atoms with Gasteiger partial charge in [-0.3, -0.25) is 14.4 Å². The lowest BCUT2D eigenvalue weighted by Gasteiger charge is -2.21. The summed E-state index contributed by atoms with van der Waals surface area (Å²) in [6, 6.07) is 18.8. The minimum Gasteiger partial charge on any atom is -0.508 e. The van der Waals surface area contributed by atoms with E-state index in [1.165, 1.54) is 31.2 Å². The van der Waals surface area contributed by atoms with E-state index in [1.54, 1.807) is 48.5 Å². The molecule has 10 heteroatoms. The normalized spacial score (nSPS) is 10.5. The zero-order chi connectivity index (χ0) is 28.0. The summed E-state index contributed by atoms with van der Waals surface area (Å²) in [6.45, 7) is 2.01. The second-order valence-electron chi connectivity index (χ2n) is 8.58. The van der Waals surface area contributed by atoms with Crippen LogP contribution < -0.4 is 0 Å². The topological polar surface area (TPSA) is 160 Å². The number of carbonyl (C=O) groups excluding carboxylic acids is 3. The molecular formula is C28H30O10. The summed E-state index contributed by atoms with van der Waals surface area (Å²) in [4.78, 5) is 33.5. The van der Waals surface area contributed by atoms with Crippen molar-refractivity contribution in [2.45, 2.75) is 45.2 Å². The third kappa shape index (κ3) is 11.9. The molecular weight excluding hydrogens is 496 g/mol. The average molecular weight is 527 g/mol. The number of rotatable bonds is 11. The predicted molar refractivity (Wildman–Crippen MR) is 135 cm³/mol. The number of aliphatic hydroxyl groups is 1. The minimum atomic E-state index is -1.60. The van der Waals surface area contributed by atoms with Crippen molar-refractivity contribution in [2.75, 3.05) is 0 Å². The standard InChI is InChI=1S/C20H22O7.C8H8O3/c1-20(25,10-18(23)26-12-14-2-6-16(21)7-3-14)11-19(24)27-13-15-4-8-17(22)9-5-15;9-6-11-5-7-1-3-8(10)4-2-7/h2-9,21-22,25H,10-13H2,1H3;1-4,6,10H,5H2. The molecule has 3 aromatic rings. The van der Waals surface area contributed by atoms with Crippen LogP contribution in [-0.2, 0) is 48.4 Å². The van der Waals surface area contributed by atoms with Gasteiger partial charge in [0, 0.05) is 0 Å². The number of carbonyl (C=O) groups is 3. The number of phenols is 3. The SMILES string of the molecule is CC(O)(CC(=O)OCc1ccc(O)cc1)CC(=O)OCc1ccc(O)cc1.O=COCc1ccc(O)cc1. The molecule has 0 aliphatic carbocycles. The fraction of sp³-hybridized carbons (Fsp3) is 0.250. The smallest absolute Gasteiger partial charge is 0.309 e. The predicted octanol–water partition coefficient (Wildman–Crippen LogP) is 3.48. The monoisotopic (exact) mass is 526 g/mol. The van der Waals surface area contributed by atoms with Crippen molar-refractivity contribution in [3.8, 4) is 17.2 Å². The lowest BCUT2D eigenvalue weighted by atomic mass is 9.98. The molecule has 0 bridgehead atoms. The number of esters is 2. The summed E-state index contributed by atoms with van der Waals surface area (Å²) < 4.78 is 14.6. The molecule has 3 aromatic carbocycles. The van der Waals surface area contributed by atoms with Gasteiger partial charge >= 0.3 is 11.9 Å². The van der Waals surface area contributed by atoms with Crippen LogP contribution in [0.3, 0.4) is 0 Å². The summed E-state index contributed by atoms with van der Waals surface area (Å²) in [6.07, 6.45) is -0.723. The van der Waals surface area contributed by atoms with Crippen LogP contribution in [0.2, 0.25) is 0 Å². The average Bonchev–Trinajstić information content (AvgIpc) is 2.87. The minimum absolute atomic E-state index is 0.000488. The van der Waals surface area contributed by atoms with Crippen molar-refractivity contribution in [3.05, 3.63) is 89.5 Å². The van der Waals surface area contributed by atoms with Crippen molar-refractivity contribution in [1.29, 1.82) is 0 Å². The van der Waals surface area contributed by atoms with Gasteiger partial charge in [-0.1, -0.05) is 36.4 Å². The van der Waals surface area contributed by atoms with E-state index in [9.17, 15) is 29.7 Å². The van der Waals surface area contributed by atoms with Gasteiger partial charge in [0.05, 0.1) is 18.4 Å². The molecule has 202 valence electrons. The fourth-order valence-electron chi connectivity index (χ4n) is 3.02. The van der Waals surface area contributed by atoms with Crippen molar-refractivity contribution in [1.82, 2.24) is 0 Å². The Kier molecular flexibility index (Phi) is 11.6. The molecule has 0 amide bonds. The van der Waals surface area contributed by atoms with E-state index < -0.39 is 17.5 Å². The maximum atomic E-state index is 11.9. The Balaban J connectivity index is 0.000000384. The molecule has 0 heterocycles. The lowest BCUT2D eigenvalue weighted by Crippen LogP contribution is -2.32. The van der Waals surface area contributed by atoms with Gasteiger partial charge in [-0.25, -0.2) is 0 Å². The van der Waals surface area contributed by atoms with Crippen molar-refractivity contribution < 1.29 is 49.0 Å². The van der Waals surface area contributed by atoms with Crippen LogP contribution >= 0.6 is 0 Å². The zero-order valence-corrected chi connectivity index (χ0v) is 20.8. The van der Waals surface area contributed by atoms with Crippen molar-refractivity contribution in [3.63, 3.8) is 0 Å². The molecule has 3 rings (SSSR count). The Morgan fingerprint density at radius 1 is 0.658 bits per heavy atom. The molecule has 0 radical (unpaired) electrons. The highest BCUT2D eigenvalue weighted by Crippen LogP contribution is 2.18. The molecule has 0 spiro atoms. The molecule has 0 saturated heterocycles. The number of aromatic hydroxyl groups is 3. The van der Waals surface area contributed by atoms with Gasteiger partial charge in [0.15, 0.2) is 0 Å². The molecule has 10 nitrogen and oxygen atoms in total. The Bertz CT molecular complexity index is 1090. The highest BCUT2D eigenvalue weighted by Gasteiger charge is 2.29. The number of benzene rings is 3. The Morgan fingerprint density at radius 2 is 0.974 bits per heavy atom. The first kappa shape index (κ1) is 29.7. The fourth-order valence-corrected chi connectivity index (χ4v) is 3.02. The molecule has 0 fully saturated rings. The van der Waals surface area contributed by atoms with Gasteiger partial charge in [-0.15, -0.1) is 0 Å². The first-order valence-corrected chi connectivity index (χ1v) is 11.5. The molecule has 0 aliphatic rings. The lowest BCUT2D eigenvalue weighted by molar-refractivity contribution is -0.155. The van der Waals surface area contributed by atoms with E-state index in [-0.39, 0.29) is 49.9 Å². The van der Waals surface area contributed by atoms with E-state index in [2.05, 4.69) is 4.74 Å². The Morgan fingerprint density at radius 3 is 1.29 bits per heavy atom. The van der Waals surface area contributed by atoms with E-state index in [0.717, 1.165) is 5.56 Å². The summed E-state index contributed by atoms with van der Waals surface area (Å²) >= 11 is 0. The molecule has 4 N–H and O–H groups in total. The van der Waals surface area contributed by atoms with E-state index in [1.807, 2.05) is 0 Å². The van der Waals surface area contributed by atoms with Crippen LogP contribution in [0.5, 0.6) is 17.2 Å². The van der Waals surface area contributed by atoms with Gasteiger partial charge in [-0.2, -0.15) is 0 Å². The van der Waals surface area contributed by atoms with E-state index >= 15 is 0 Å². The number of phenolic OH excluding ortho intramolecular Hbond substituents is 3. The molecule has 0 saturated carbocycles. The molecule has 0 aromatic heterocycles. The quantitative estimate of drug-likeness (QED) is 0.165. The van der Waals surface area contributed by atoms with Gasteiger partial charge < -0.3 is 34.6 Å². The van der Waals surface area contributed by atoms with Crippen molar-refractivity contribution >= 4 is 18.4 Å². The van der Waals surface area contributed by atoms with Crippen LogP contribution in [0.4, 0.5) is 0 Å². The third-order valence-corrected chi connectivity index (χ3v) is 4.98. The Labute approximate surface area is 219 Å². The van der Waals surface area contributed by atoms with Crippen LogP contribution in [0, 0.1) is 0 Å². The molecule has 0 atom stereocenters. The van der Waals surface area contributed by atoms with E-state index in [4.69, 9.17) is 14.6 Å². The summed E-state index contributed by atoms with van der Waals surface area (Å²) in [5, 5.41) is 37.5. The highest BCUT2D eigenvalue weighted by atomic mass is 16.5. The second kappa shape index (κ2) is 14.9. The third-order valence-electron chi connectivity index (χ3n) is 4.98. The highest BCUT2D eigenvalue weighted by molar-refractivity contribution is 5.74. The van der Waals surface area contributed by atoms with Gasteiger partial charge in [0.1, 0.15) is 37.1 Å². The van der Waals surface area contributed by atoms with Crippen LogP contribution in [-0.4, -0.2) is 44.4 Å². The first-order chi connectivity index (χ1) is 18.1. The maximum Gasteiger partial charge on any atom is 0.309 e. The maximum absolute atomic E-state index is 11.9. The molecule has 38 heavy (non-hydrogen) atoms. The van der Waals surface area contributed by atoms with E-state index in [0.29, 0.717) is 17.6 Å². The number of hydrogen-bond acceptors (Lipinski definition) is 10. The summed E-state index contributed by atoms with van der Waals surface area (Å²) in [7, 11) is 0. The summed E-state index contributed by atoms with van der Waals surface area (Å²) in [5.74, 6) is -0.878.